The molecule has 0 aromatic rings. The van der Waals surface area contributed by atoms with Gasteiger partial charge in [-0.2, -0.15) is 0 Å². The van der Waals surface area contributed by atoms with E-state index in [9.17, 15) is 14.4 Å². The Morgan fingerprint density at radius 2 is 1.92 bits per heavy atom. The number of imide groups is 1. The van der Waals surface area contributed by atoms with E-state index in [1.165, 1.54) is 0 Å². The van der Waals surface area contributed by atoms with Gasteiger partial charge in [-0.05, 0) is 0 Å². The molecule has 2 heterocycles. The third-order valence-corrected chi connectivity index (χ3v) is 1.94. The lowest BCUT2D eigenvalue weighted by molar-refractivity contribution is -0.132. The first-order valence-electron chi connectivity index (χ1n) is 3.81. The summed E-state index contributed by atoms with van der Waals surface area (Å²) < 4.78 is 0. The quantitative estimate of drug-likeness (QED) is 0.327. The van der Waals surface area contributed by atoms with Crippen LogP contribution in [-0.2, 0) is 9.59 Å². The Balaban J connectivity index is 2.15. The fourth-order valence-corrected chi connectivity index (χ4v) is 1.35. The molecule has 0 aliphatic carbocycles. The van der Waals surface area contributed by atoms with Gasteiger partial charge in [-0.25, -0.2) is 4.79 Å². The maximum Gasteiger partial charge on any atom is 0.322 e. The van der Waals surface area contributed by atoms with Gasteiger partial charge < -0.3 is 10.6 Å². The van der Waals surface area contributed by atoms with Crippen LogP contribution in [0, 0.1) is 0 Å². The van der Waals surface area contributed by atoms with E-state index < -0.39 is 24.1 Å². The Bertz CT molecular complexity index is 290. The summed E-state index contributed by atoms with van der Waals surface area (Å²) in [5.41, 5.74) is 0. The molecule has 2 saturated heterocycles. The summed E-state index contributed by atoms with van der Waals surface area (Å²) in [4.78, 5) is 32.9. The highest BCUT2D eigenvalue weighted by Crippen LogP contribution is 2.00. The smallest absolute Gasteiger partial charge is 0.322 e. The summed E-state index contributed by atoms with van der Waals surface area (Å²) in [6.45, 7) is 0.106. The minimum Gasteiger partial charge on any atom is -0.340 e. The molecule has 2 atom stereocenters. The fraction of sp³-hybridized carbons (Fsp3) is 0.500. The highest BCUT2D eigenvalue weighted by atomic mass is 16.2. The fourth-order valence-electron chi connectivity index (χ4n) is 1.35. The van der Waals surface area contributed by atoms with Crippen LogP contribution in [0.15, 0.2) is 0 Å². The minimum atomic E-state index is -0.709. The number of hydrogen-bond acceptors (Lipinski definition) is 4. The lowest BCUT2D eigenvalue weighted by Crippen LogP contribution is -2.74. The largest absolute Gasteiger partial charge is 0.340 e. The van der Waals surface area contributed by atoms with Gasteiger partial charge in [-0.1, -0.05) is 0 Å². The van der Waals surface area contributed by atoms with Crippen molar-refractivity contribution in [1.82, 2.24) is 21.3 Å². The average Bonchev–Trinajstić information content (AvgIpc) is 2.06. The molecule has 0 spiro atoms. The van der Waals surface area contributed by atoms with E-state index in [1.54, 1.807) is 0 Å². The number of carbonyl (C=O) groups is 3. The first kappa shape index (κ1) is 7.99. The van der Waals surface area contributed by atoms with Crippen molar-refractivity contribution in [3.8, 4) is 0 Å². The first-order valence-corrected chi connectivity index (χ1v) is 3.81. The molecule has 0 aromatic carbocycles. The van der Waals surface area contributed by atoms with E-state index >= 15 is 0 Å². The second-order valence-electron chi connectivity index (χ2n) is 2.87. The lowest BCUT2D eigenvalue weighted by atomic mass is 10.1. The van der Waals surface area contributed by atoms with Crippen molar-refractivity contribution in [2.24, 2.45) is 0 Å². The molecular weight excluding hydrogens is 176 g/mol. The van der Waals surface area contributed by atoms with Crippen molar-refractivity contribution in [3.63, 3.8) is 0 Å². The lowest BCUT2D eigenvalue weighted by Gasteiger charge is -2.35. The van der Waals surface area contributed by atoms with Gasteiger partial charge >= 0.3 is 6.03 Å². The molecule has 13 heavy (non-hydrogen) atoms. The normalized spacial score (nSPS) is 32.8. The maximum absolute atomic E-state index is 11.2. The van der Waals surface area contributed by atoms with Crippen LogP contribution >= 0.6 is 0 Å². The van der Waals surface area contributed by atoms with Gasteiger partial charge in [0.25, 0.3) is 5.91 Å². The molecule has 2 aliphatic heterocycles. The zero-order valence-corrected chi connectivity index (χ0v) is 6.59. The molecule has 0 radical (unpaired) electrons. The number of rotatable bonds is 0. The predicted octanol–water partition coefficient (Wildman–Crippen LogP) is -2.76. The predicted molar refractivity (Wildman–Crippen MR) is 40.4 cm³/mol. The van der Waals surface area contributed by atoms with Gasteiger partial charge in [-0.3, -0.25) is 20.2 Å². The van der Waals surface area contributed by atoms with Crippen LogP contribution in [0.3, 0.4) is 0 Å². The van der Waals surface area contributed by atoms with E-state index in [0.717, 1.165) is 0 Å². The van der Waals surface area contributed by atoms with Gasteiger partial charge in [0.1, 0.15) is 12.2 Å². The van der Waals surface area contributed by atoms with Gasteiger partial charge in [-0.15, -0.1) is 0 Å². The molecule has 4 N–H and O–H groups in total. The maximum atomic E-state index is 11.2. The summed E-state index contributed by atoms with van der Waals surface area (Å²) in [6, 6.07) is -1.26. The van der Waals surface area contributed by atoms with Crippen LogP contribution < -0.4 is 21.3 Å². The van der Waals surface area contributed by atoms with Crippen molar-refractivity contribution in [3.05, 3.63) is 0 Å². The van der Waals surface area contributed by atoms with Gasteiger partial charge in [0, 0.05) is 0 Å². The zero-order chi connectivity index (χ0) is 9.42. The van der Waals surface area contributed by atoms with E-state index in [2.05, 4.69) is 21.3 Å². The summed E-state index contributed by atoms with van der Waals surface area (Å²) >= 11 is 0. The van der Waals surface area contributed by atoms with Gasteiger partial charge in [0.05, 0.1) is 6.54 Å². The number of urea groups is 1. The molecule has 2 aliphatic rings. The van der Waals surface area contributed by atoms with E-state index in [4.69, 9.17) is 0 Å². The second kappa shape index (κ2) is 2.70. The van der Waals surface area contributed by atoms with Crippen molar-refractivity contribution >= 4 is 17.8 Å². The Kier molecular flexibility index (Phi) is 1.66. The van der Waals surface area contributed by atoms with Crippen LogP contribution in [-0.4, -0.2) is 36.6 Å². The minimum absolute atomic E-state index is 0.106. The SMILES string of the molecule is O=C1CNC2NC(=O)NC(=O)C2N1. The Hall–Kier alpha value is -1.63. The molecule has 70 valence electrons. The van der Waals surface area contributed by atoms with Crippen LogP contribution in [0.25, 0.3) is 0 Å². The second-order valence-corrected chi connectivity index (χ2v) is 2.87. The molecule has 0 saturated carbocycles. The van der Waals surface area contributed by atoms with E-state index in [1.807, 2.05) is 0 Å². The van der Waals surface area contributed by atoms with Crippen LogP contribution in [0.1, 0.15) is 0 Å². The van der Waals surface area contributed by atoms with E-state index in [0.29, 0.717) is 0 Å². The number of nitrogens with one attached hydrogen (secondary N) is 4. The molecule has 7 nitrogen and oxygen atoms in total. The Labute approximate surface area is 73.2 Å². The number of piperazine rings is 1. The number of fused-ring (bicyclic) bond motifs is 1. The summed E-state index contributed by atoms with van der Waals surface area (Å²) in [6.07, 6.45) is -0.501. The molecule has 7 heteroatoms. The summed E-state index contributed by atoms with van der Waals surface area (Å²) in [5, 5.41) is 9.72. The number of carbonyl (C=O) groups excluding carboxylic acids is 3. The average molecular weight is 184 g/mol. The van der Waals surface area contributed by atoms with E-state index in [-0.39, 0.29) is 12.5 Å². The van der Waals surface area contributed by atoms with Crippen LogP contribution in [0.2, 0.25) is 0 Å². The molecule has 2 rings (SSSR count). The zero-order valence-electron chi connectivity index (χ0n) is 6.59. The van der Waals surface area contributed by atoms with Crippen molar-refractivity contribution in [2.75, 3.05) is 6.54 Å². The molecule has 4 amide bonds. The Morgan fingerprint density at radius 1 is 1.15 bits per heavy atom. The number of amides is 4. The third-order valence-electron chi connectivity index (χ3n) is 1.94. The van der Waals surface area contributed by atoms with Crippen molar-refractivity contribution < 1.29 is 14.4 Å². The highest BCUT2D eigenvalue weighted by molar-refractivity contribution is 6.02. The van der Waals surface area contributed by atoms with Gasteiger partial charge in [0.2, 0.25) is 5.91 Å². The Morgan fingerprint density at radius 3 is 2.69 bits per heavy atom. The monoisotopic (exact) mass is 184 g/mol. The van der Waals surface area contributed by atoms with Crippen LogP contribution in [0.4, 0.5) is 4.79 Å². The van der Waals surface area contributed by atoms with Crippen molar-refractivity contribution in [1.29, 1.82) is 0 Å². The molecule has 2 fully saturated rings. The first-order chi connectivity index (χ1) is 6.16. The van der Waals surface area contributed by atoms with Crippen molar-refractivity contribution in [2.45, 2.75) is 12.2 Å². The third kappa shape index (κ3) is 1.33. The standard InChI is InChI=1S/C6H8N4O3/c11-2-1-7-4-3(8-2)5(12)10-6(13)9-4/h3-4,7H,1H2,(H,8,11)(H2,9,10,12,13). The molecule has 0 bridgehead atoms. The number of hydrogen-bond donors (Lipinski definition) is 4. The topological polar surface area (TPSA) is 99.3 Å². The van der Waals surface area contributed by atoms with Crippen LogP contribution in [0.5, 0.6) is 0 Å². The van der Waals surface area contributed by atoms with Gasteiger partial charge in [0.15, 0.2) is 0 Å². The highest BCUT2D eigenvalue weighted by Gasteiger charge is 2.39. The summed E-state index contributed by atoms with van der Waals surface area (Å²) in [7, 11) is 0. The molecular formula is C6H8N4O3. The molecule has 0 aromatic heterocycles. The molecule has 2 unspecified atom stereocenters. The summed E-state index contributed by atoms with van der Waals surface area (Å²) in [5.74, 6) is -0.748.